The second kappa shape index (κ2) is 5.86. The number of rotatable bonds is 5. The molecule has 118 valence electrons. The molecule has 1 aliphatic heterocycles. The normalized spacial score (nSPS) is 15.5. The maximum atomic E-state index is 12.2. The van der Waals surface area contributed by atoms with Crippen molar-refractivity contribution in [2.75, 3.05) is 13.1 Å². The van der Waals surface area contributed by atoms with Crippen LogP contribution < -0.4 is 5.69 Å². The number of hydrogen-bond donors (Lipinski definition) is 0. The van der Waals surface area contributed by atoms with Crippen molar-refractivity contribution in [3.8, 4) is 0 Å². The Labute approximate surface area is 124 Å². The van der Waals surface area contributed by atoms with E-state index in [1.54, 1.807) is 29.3 Å². The molecule has 3 heterocycles. The first-order chi connectivity index (χ1) is 10.5. The number of amides is 1. The van der Waals surface area contributed by atoms with E-state index in [0.717, 1.165) is 0 Å². The van der Waals surface area contributed by atoms with Gasteiger partial charge in [-0.25, -0.2) is 18.3 Å². The van der Waals surface area contributed by atoms with Gasteiger partial charge in [0, 0.05) is 32.1 Å². The number of aryl methyl sites for hydroxylation is 1. The average molecular weight is 310 g/mol. The highest BCUT2D eigenvalue weighted by atomic mass is 19.3. The molecular formula is C14H16F2N4O2. The third kappa shape index (κ3) is 2.86. The largest absolute Gasteiger partial charge is 0.350 e. The van der Waals surface area contributed by atoms with E-state index >= 15 is 0 Å². The summed E-state index contributed by atoms with van der Waals surface area (Å²) in [5.74, 6) is -0.240. The fourth-order valence-corrected chi connectivity index (χ4v) is 2.65. The highest BCUT2D eigenvalue weighted by Crippen LogP contribution is 2.22. The second-order valence-corrected chi connectivity index (χ2v) is 5.48. The first kappa shape index (κ1) is 14.7. The highest BCUT2D eigenvalue weighted by Gasteiger charge is 2.32. The van der Waals surface area contributed by atoms with Crippen molar-refractivity contribution in [3.05, 3.63) is 34.9 Å². The fourth-order valence-electron chi connectivity index (χ4n) is 2.65. The first-order valence-corrected chi connectivity index (χ1v) is 7.14. The smallest absolute Gasteiger partial charge is 0.342 e. The Hall–Kier alpha value is -2.25. The van der Waals surface area contributed by atoms with E-state index in [1.807, 2.05) is 0 Å². The fraction of sp³-hybridized carbons (Fsp3) is 0.500. The molecule has 8 heteroatoms. The number of alkyl halides is 2. The Morgan fingerprint density at radius 2 is 2.14 bits per heavy atom. The van der Waals surface area contributed by atoms with Gasteiger partial charge in [0.05, 0.1) is 6.54 Å². The van der Waals surface area contributed by atoms with Gasteiger partial charge >= 0.3 is 5.69 Å². The van der Waals surface area contributed by atoms with Crippen LogP contribution in [0, 0.1) is 5.92 Å². The Morgan fingerprint density at radius 3 is 2.82 bits per heavy atom. The summed E-state index contributed by atoms with van der Waals surface area (Å²) in [6, 6.07) is 5.22. The van der Waals surface area contributed by atoms with Crippen LogP contribution >= 0.6 is 0 Å². The third-order valence-electron chi connectivity index (χ3n) is 3.85. The summed E-state index contributed by atoms with van der Waals surface area (Å²) in [6.07, 6.45) is -0.715. The number of pyridine rings is 1. The lowest BCUT2D eigenvalue weighted by molar-refractivity contribution is -0.138. The van der Waals surface area contributed by atoms with Crippen LogP contribution in [0.25, 0.3) is 5.65 Å². The predicted molar refractivity (Wildman–Crippen MR) is 74.8 cm³/mol. The maximum absolute atomic E-state index is 12.2. The molecule has 0 saturated carbocycles. The van der Waals surface area contributed by atoms with Crippen LogP contribution in [0.15, 0.2) is 29.2 Å². The monoisotopic (exact) mass is 310 g/mol. The maximum Gasteiger partial charge on any atom is 0.350 e. The van der Waals surface area contributed by atoms with E-state index in [-0.39, 0.29) is 36.9 Å². The lowest BCUT2D eigenvalue weighted by atomic mass is 9.96. The second-order valence-electron chi connectivity index (χ2n) is 5.48. The van der Waals surface area contributed by atoms with Gasteiger partial charge in [0.15, 0.2) is 5.65 Å². The quantitative estimate of drug-likeness (QED) is 0.828. The predicted octanol–water partition coefficient (Wildman–Crippen LogP) is 1.000. The number of carbonyl (C=O) groups excluding carboxylic acids is 1. The first-order valence-electron chi connectivity index (χ1n) is 7.14. The summed E-state index contributed by atoms with van der Waals surface area (Å²) in [5.41, 5.74) is 0.239. The van der Waals surface area contributed by atoms with Gasteiger partial charge in [0.1, 0.15) is 0 Å². The Bertz CT molecular complexity index is 734. The molecule has 0 N–H and O–H groups in total. The molecule has 1 fully saturated rings. The van der Waals surface area contributed by atoms with E-state index < -0.39 is 6.43 Å². The molecule has 1 saturated heterocycles. The standard InChI is InChI=1S/C14H16F2N4O2/c15-11(16)7-10-8-18(9-10)13(21)4-6-20-14(22)19-5-2-1-3-12(19)17-20/h1-3,5,10-11H,4,6-9H2. The summed E-state index contributed by atoms with van der Waals surface area (Å²) in [6.45, 7) is 0.946. The number of nitrogens with zero attached hydrogens (tertiary/aromatic N) is 4. The van der Waals surface area contributed by atoms with E-state index in [4.69, 9.17) is 0 Å². The summed E-state index contributed by atoms with van der Waals surface area (Å²) >= 11 is 0. The van der Waals surface area contributed by atoms with Crippen molar-refractivity contribution >= 4 is 11.6 Å². The third-order valence-corrected chi connectivity index (χ3v) is 3.85. The molecule has 3 rings (SSSR count). The van der Waals surface area contributed by atoms with Crippen molar-refractivity contribution in [1.82, 2.24) is 19.1 Å². The zero-order chi connectivity index (χ0) is 15.7. The number of carbonyl (C=O) groups is 1. The van der Waals surface area contributed by atoms with Crippen LogP contribution in [-0.2, 0) is 11.3 Å². The number of aromatic nitrogens is 3. The summed E-state index contributed by atoms with van der Waals surface area (Å²) < 4.78 is 27.1. The van der Waals surface area contributed by atoms with Crippen LogP contribution in [-0.4, -0.2) is 44.5 Å². The van der Waals surface area contributed by atoms with E-state index in [1.165, 1.54) is 9.08 Å². The molecule has 0 spiro atoms. The molecule has 0 aliphatic carbocycles. The molecule has 0 atom stereocenters. The molecule has 0 bridgehead atoms. The molecule has 2 aromatic rings. The van der Waals surface area contributed by atoms with Crippen LogP contribution in [0.2, 0.25) is 0 Å². The van der Waals surface area contributed by atoms with Gasteiger partial charge in [-0.3, -0.25) is 9.20 Å². The van der Waals surface area contributed by atoms with Crippen LogP contribution in [0.1, 0.15) is 12.8 Å². The minimum absolute atomic E-state index is 0.109. The number of halogens is 2. The lowest BCUT2D eigenvalue weighted by Gasteiger charge is -2.39. The molecule has 0 unspecified atom stereocenters. The van der Waals surface area contributed by atoms with Crippen LogP contribution in [0.5, 0.6) is 0 Å². The van der Waals surface area contributed by atoms with Crippen molar-refractivity contribution in [3.63, 3.8) is 0 Å². The Morgan fingerprint density at radius 1 is 1.36 bits per heavy atom. The molecule has 2 aromatic heterocycles. The molecule has 1 aliphatic rings. The lowest BCUT2D eigenvalue weighted by Crippen LogP contribution is -2.50. The van der Waals surface area contributed by atoms with Crippen molar-refractivity contribution in [2.24, 2.45) is 5.92 Å². The van der Waals surface area contributed by atoms with Crippen molar-refractivity contribution in [2.45, 2.75) is 25.8 Å². The van der Waals surface area contributed by atoms with Gasteiger partial charge < -0.3 is 4.90 Å². The Balaban J connectivity index is 1.55. The number of hydrogen-bond acceptors (Lipinski definition) is 3. The summed E-state index contributed by atoms with van der Waals surface area (Å²) in [5, 5.41) is 4.14. The van der Waals surface area contributed by atoms with Gasteiger partial charge in [0.2, 0.25) is 12.3 Å². The van der Waals surface area contributed by atoms with Gasteiger partial charge in [0.25, 0.3) is 0 Å². The SMILES string of the molecule is O=C(CCn1nc2ccccn2c1=O)N1CC(CC(F)F)C1. The van der Waals surface area contributed by atoms with Gasteiger partial charge in [-0.1, -0.05) is 6.07 Å². The van der Waals surface area contributed by atoms with Gasteiger partial charge in [-0.15, -0.1) is 5.10 Å². The van der Waals surface area contributed by atoms with E-state index in [9.17, 15) is 18.4 Å². The topological polar surface area (TPSA) is 59.6 Å². The van der Waals surface area contributed by atoms with Gasteiger partial charge in [-0.05, 0) is 18.1 Å². The highest BCUT2D eigenvalue weighted by molar-refractivity contribution is 5.76. The number of likely N-dealkylation sites (tertiary alicyclic amines) is 1. The van der Waals surface area contributed by atoms with E-state index in [2.05, 4.69) is 5.10 Å². The molecule has 6 nitrogen and oxygen atoms in total. The molecule has 22 heavy (non-hydrogen) atoms. The minimum Gasteiger partial charge on any atom is -0.342 e. The van der Waals surface area contributed by atoms with Gasteiger partial charge in [-0.2, -0.15) is 0 Å². The summed E-state index contributed by atoms with van der Waals surface area (Å²) in [7, 11) is 0. The minimum atomic E-state index is -2.32. The van der Waals surface area contributed by atoms with E-state index in [0.29, 0.717) is 18.7 Å². The van der Waals surface area contributed by atoms with Crippen LogP contribution in [0.3, 0.4) is 0 Å². The zero-order valence-corrected chi connectivity index (χ0v) is 11.9. The zero-order valence-electron chi connectivity index (χ0n) is 11.9. The molecule has 0 aromatic carbocycles. The van der Waals surface area contributed by atoms with Crippen molar-refractivity contribution < 1.29 is 13.6 Å². The average Bonchev–Trinajstić information content (AvgIpc) is 2.77. The van der Waals surface area contributed by atoms with Crippen LogP contribution in [0.4, 0.5) is 8.78 Å². The molecule has 0 radical (unpaired) electrons. The molecule has 1 amide bonds. The Kier molecular flexibility index (Phi) is 3.91. The molecular weight excluding hydrogens is 294 g/mol. The summed E-state index contributed by atoms with van der Waals surface area (Å²) in [4.78, 5) is 25.5. The number of fused-ring (bicyclic) bond motifs is 1. The van der Waals surface area contributed by atoms with Crippen molar-refractivity contribution in [1.29, 1.82) is 0 Å².